The Labute approximate surface area is 104 Å². The summed E-state index contributed by atoms with van der Waals surface area (Å²) in [6.45, 7) is 3.57. The lowest BCUT2D eigenvalue weighted by atomic mass is 10.2. The van der Waals surface area contributed by atoms with E-state index in [0.717, 1.165) is 5.82 Å². The topological polar surface area (TPSA) is 71.1 Å². The van der Waals surface area contributed by atoms with Gasteiger partial charge < -0.3 is 9.64 Å². The maximum atomic E-state index is 11.8. The molecule has 0 spiro atoms. The van der Waals surface area contributed by atoms with E-state index < -0.39 is 0 Å². The number of aryl methyl sites for hydroxylation is 1. The number of amides is 1. The van der Waals surface area contributed by atoms with E-state index in [2.05, 4.69) is 15.2 Å². The van der Waals surface area contributed by atoms with Crippen molar-refractivity contribution in [1.82, 2.24) is 20.1 Å². The molecule has 0 saturated carbocycles. The van der Waals surface area contributed by atoms with Crippen LogP contribution < -0.4 is 0 Å². The Hall–Kier alpha value is -1.08. The number of rotatable bonds is 3. The monoisotopic (exact) mass is 256 g/mol. The lowest BCUT2D eigenvalue weighted by molar-refractivity contribution is -0.136. The first-order chi connectivity index (χ1) is 8.20. The quantitative estimate of drug-likeness (QED) is 0.846. The zero-order chi connectivity index (χ0) is 12.3. The average Bonchev–Trinajstić information content (AvgIpc) is 2.76. The van der Waals surface area contributed by atoms with Gasteiger partial charge in [-0.15, -0.1) is 0 Å². The fourth-order valence-corrected chi connectivity index (χ4v) is 2.18. The normalized spacial score (nSPS) is 20.6. The van der Waals surface area contributed by atoms with Crippen LogP contribution in [0.15, 0.2) is 0 Å². The molecule has 0 unspecified atom stereocenters. The Morgan fingerprint density at radius 3 is 3.18 bits per heavy atom. The van der Waals surface area contributed by atoms with Gasteiger partial charge in [0.15, 0.2) is 5.82 Å². The molecule has 1 saturated heterocycles. The van der Waals surface area contributed by atoms with Crippen LogP contribution in [0.1, 0.15) is 17.8 Å². The van der Waals surface area contributed by atoms with Crippen molar-refractivity contribution in [3.8, 4) is 0 Å². The molecule has 6 nitrogen and oxygen atoms in total. The third-order valence-electron chi connectivity index (χ3n) is 2.59. The molecule has 1 aromatic rings. The van der Waals surface area contributed by atoms with Crippen LogP contribution >= 0.6 is 11.8 Å². The van der Waals surface area contributed by atoms with E-state index in [1.54, 1.807) is 0 Å². The van der Waals surface area contributed by atoms with Crippen molar-refractivity contribution in [1.29, 1.82) is 0 Å². The molecule has 0 bridgehead atoms. The maximum absolute atomic E-state index is 11.8. The second-order valence-electron chi connectivity index (χ2n) is 3.91. The molecule has 1 amide bonds. The van der Waals surface area contributed by atoms with Crippen LogP contribution in [-0.4, -0.2) is 57.7 Å². The second kappa shape index (κ2) is 5.50. The summed E-state index contributed by atoms with van der Waals surface area (Å²) in [5, 5.41) is 6.86. The molecule has 0 radical (unpaired) electrons. The van der Waals surface area contributed by atoms with Crippen molar-refractivity contribution in [2.24, 2.45) is 0 Å². The van der Waals surface area contributed by atoms with Crippen LogP contribution in [0.5, 0.6) is 0 Å². The predicted molar refractivity (Wildman–Crippen MR) is 64.8 cm³/mol. The highest BCUT2D eigenvalue weighted by atomic mass is 32.2. The molecule has 2 heterocycles. The second-order valence-corrected chi connectivity index (χ2v) is 4.78. The summed E-state index contributed by atoms with van der Waals surface area (Å²) in [5.41, 5.74) is 0. The summed E-state index contributed by atoms with van der Waals surface area (Å²) in [7, 11) is 0. The Balaban J connectivity index is 1.99. The van der Waals surface area contributed by atoms with Crippen molar-refractivity contribution < 1.29 is 9.53 Å². The predicted octanol–water partition coefficient (Wildman–Crippen LogP) is 0.376. The molecule has 17 heavy (non-hydrogen) atoms. The summed E-state index contributed by atoms with van der Waals surface area (Å²) < 4.78 is 5.59. The van der Waals surface area contributed by atoms with E-state index >= 15 is 0 Å². The standard InChI is InChI=1S/C10H16N4O2S/c1-7-11-10(13-12-7)8-5-14(3-4-16-8)9(15)6-17-2/h8H,3-6H2,1-2H3,(H,11,12,13)/t8-/m1/s1. The van der Waals surface area contributed by atoms with Crippen molar-refractivity contribution in [3.05, 3.63) is 11.6 Å². The van der Waals surface area contributed by atoms with Crippen LogP contribution in [0.25, 0.3) is 0 Å². The van der Waals surface area contributed by atoms with Crippen molar-refractivity contribution >= 4 is 17.7 Å². The Morgan fingerprint density at radius 1 is 1.71 bits per heavy atom. The summed E-state index contributed by atoms with van der Waals surface area (Å²) in [6, 6.07) is 0. The first kappa shape index (κ1) is 12.4. The first-order valence-corrected chi connectivity index (χ1v) is 6.87. The number of hydrogen-bond donors (Lipinski definition) is 1. The van der Waals surface area contributed by atoms with Crippen LogP contribution in [0.2, 0.25) is 0 Å². The Morgan fingerprint density at radius 2 is 2.53 bits per heavy atom. The number of carbonyl (C=O) groups excluding carboxylic acids is 1. The number of hydrogen-bond acceptors (Lipinski definition) is 5. The van der Waals surface area contributed by atoms with Gasteiger partial charge in [-0.3, -0.25) is 9.89 Å². The fourth-order valence-electron chi connectivity index (χ4n) is 1.75. The van der Waals surface area contributed by atoms with Gasteiger partial charge in [-0.1, -0.05) is 0 Å². The molecule has 2 rings (SSSR count). The summed E-state index contributed by atoms with van der Waals surface area (Å²) in [6.07, 6.45) is 1.72. The number of aromatic nitrogens is 3. The lowest BCUT2D eigenvalue weighted by Crippen LogP contribution is -2.43. The molecule has 0 aliphatic carbocycles. The summed E-state index contributed by atoms with van der Waals surface area (Å²) in [4.78, 5) is 17.8. The number of aromatic amines is 1. The Bertz CT molecular complexity index is 395. The fraction of sp³-hybridized carbons (Fsp3) is 0.700. The minimum absolute atomic E-state index is 0.151. The summed E-state index contributed by atoms with van der Waals surface area (Å²) in [5.74, 6) is 2.05. The average molecular weight is 256 g/mol. The number of nitrogens with zero attached hydrogens (tertiary/aromatic N) is 3. The van der Waals surface area contributed by atoms with Crippen molar-refractivity contribution in [3.63, 3.8) is 0 Å². The van der Waals surface area contributed by atoms with Gasteiger partial charge in [-0.25, -0.2) is 4.98 Å². The molecule has 7 heteroatoms. The molecular weight excluding hydrogens is 240 g/mol. The van der Waals surface area contributed by atoms with Crippen LogP contribution in [-0.2, 0) is 9.53 Å². The summed E-state index contributed by atoms with van der Waals surface area (Å²) >= 11 is 1.54. The van der Waals surface area contributed by atoms with Gasteiger partial charge in [-0.2, -0.15) is 16.9 Å². The number of morpholine rings is 1. The zero-order valence-electron chi connectivity index (χ0n) is 9.97. The smallest absolute Gasteiger partial charge is 0.232 e. The zero-order valence-corrected chi connectivity index (χ0v) is 10.8. The van der Waals surface area contributed by atoms with E-state index in [1.807, 2.05) is 18.1 Å². The molecule has 0 aromatic carbocycles. The SMILES string of the molecule is CSCC(=O)N1CCO[C@@H](c2n[nH]c(C)n2)C1. The van der Waals surface area contributed by atoms with E-state index in [1.165, 1.54) is 11.8 Å². The van der Waals surface area contributed by atoms with E-state index in [4.69, 9.17) is 4.74 Å². The Kier molecular flexibility index (Phi) is 4.01. The van der Waals surface area contributed by atoms with E-state index in [0.29, 0.717) is 31.3 Å². The minimum atomic E-state index is -0.209. The van der Waals surface area contributed by atoms with E-state index in [-0.39, 0.29) is 12.0 Å². The highest BCUT2D eigenvalue weighted by Gasteiger charge is 2.27. The third-order valence-corrected chi connectivity index (χ3v) is 3.13. The highest BCUT2D eigenvalue weighted by Crippen LogP contribution is 2.19. The molecular formula is C10H16N4O2S. The highest BCUT2D eigenvalue weighted by molar-refractivity contribution is 7.99. The largest absolute Gasteiger partial charge is 0.366 e. The van der Waals surface area contributed by atoms with Gasteiger partial charge in [0.25, 0.3) is 0 Å². The van der Waals surface area contributed by atoms with Gasteiger partial charge in [0.2, 0.25) is 5.91 Å². The van der Waals surface area contributed by atoms with Gasteiger partial charge in [0, 0.05) is 6.54 Å². The molecule has 1 atom stereocenters. The van der Waals surface area contributed by atoms with Gasteiger partial charge in [-0.05, 0) is 13.2 Å². The number of nitrogens with one attached hydrogen (secondary N) is 1. The lowest BCUT2D eigenvalue weighted by Gasteiger charge is -2.31. The molecule has 94 valence electrons. The van der Waals surface area contributed by atoms with Crippen LogP contribution in [0.3, 0.4) is 0 Å². The number of ether oxygens (including phenoxy) is 1. The first-order valence-electron chi connectivity index (χ1n) is 5.48. The molecule has 1 aliphatic rings. The van der Waals surface area contributed by atoms with Gasteiger partial charge >= 0.3 is 0 Å². The van der Waals surface area contributed by atoms with Gasteiger partial charge in [0.05, 0.1) is 18.9 Å². The van der Waals surface area contributed by atoms with Crippen LogP contribution in [0.4, 0.5) is 0 Å². The molecule has 1 aliphatic heterocycles. The molecule has 1 N–H and O–H groups in total. The number of H-pyrrole nitrogens is 1. The van der Waals surface area contributed by atoms with E-state index in [9.17, 15) is 4.79 Å². The minimum Gasteiger partial charge on any atom is -0.366 e. The number of thioether (sulfide) groups is 1. The third kappa shape index (κ3) is 2.98. The number of carbonyl (C=O) groups is 1. The van der Waals surface area contributed by atoms with Crippen molar-refractivity contribution in [2.45, 2.75) is 13.0 Å². The maximum Gasteiger partial charge on any atom is 0.232 e. The van der Waals surface area contributed by atoms with Gasteiger partial charge in [0.1, 0.15) is 11.9 Å². The van der Waals surface area contributed by atoms with Crippen LogP contribution in [0, 0.1) is 6.92 Å². The molecule has 1 fully saturated rings. The molecule has 1 aromatic heterocycles. The van der Waals surface area contributed by atoms with Crippen molar-refractivity contribution in [2.75, 3.05) is 31.7 Å².